The van der Waals surface area contributed by atoms with Gasteiger partial charge in [0.2, 0.25) is 11.8 Å². The van der Waals surface area contributed by atoms with E-state index >= 15 is 0 Å². The second-order valence-electron chi connectivity index (χ2n) is 6.92. The Morgan fingerprint density at radius 3 is 2.12 bits per heavy atom. The molecule has 0 N–H and O–H groups in total. The summed E-state index contributed by atoms with van der Waals surface area (Å²) in [7, 11) is 0. The number of hydrogen-bond donors (Lipinski definition) is 0. The Bertz CT molecular complexity index is 966. The summed E-state index contributed by atoms with van der Waals surface area (Å²) in [5, 5.41) is 12.3. The van der Waals surface area contributed by atoms with Crippen LogP contribution in [0.1, 0.15) is 6.42 Å². The van der Waals surface area contributed by atoms with Crippen LogP contribution in [0.25, 0.3) is 10.8 Å². The lowest BCUT2D eigenvalue weighted by molar-refractivity contribution is -0.383. The van der Waals surface area contributed by atoms with Gasteiger partial charge in [-0.15, -0.1) is 0 Å². The van der Waals surface area contributed by atoms with Crippen molar-refractivity contribution in [2.75, 3.05) is 4.90 Å². The number of carbonyl (C=O) groups excluding carboxylic acids is 2. The number of nitrogens with zero attached hydrogens (tertiary/aromatic N) is 2. The number of rotatable bonds is 2. The average molecular weight is 334 g/mol. The minimum Gasteiger partial charge on any atom is -0.274 e. The first-order chi connectivity index (χ1) is 12.1. The number of imide groups is 1. The lowest BCUT2D eigenvalue weighted by Crippen LogP contribution is -2.33. The van der Waals surface area contributed by atoms with Crippen LogP contribution in [-0.4, -0.2) is 16.7 Å². The predicted octanol–water partition coefficient (Wildman–Crippen LogP) is 3.06. The van der Waals surface area contributed by atoms with Gasteiger partial charge >= 0.3 is 0 Å². The summed E-state index contributed by atoms with van der Waals surface area (Å²) in [5.74, 6) is -0.633. The van der Waals surface area contributed by atoms with E-state index in [4.69, 9.17) is 0 Å². The van der Waals surface area contributed by atoms with Crippen molar-refractivity contribution in [2.45, 2.75) is 6.42 Å². The smallest absolute Gasteiger partial charge is 0.274 e. The number of hydrogen-bond acceptors (Lipinski definition) is 4. The van der Waals surface area contributed by atoms with E-state index in [-0.39, 0.29) is 41.2 Å². The highest BCUT2D eigenvalue weighted by atomic mass is 16.6. The summed E-state index contributed by atoms with van der Waals surface area (Å²) >= 11 is 0. The number of anilines is 1. The quantitative estimate of drug-likeness (QED) is 0.366. The number of nitro benzene ring substituents is 1. The standard InChI is InChI=1S/C19H14N2O4/c22-18-16-10-5-6-11(9-10)17(16)19(23)20(18)14-7-8-15(21(24)25)13-4-2-1-3-12(13)14/h1-8,10-11,16-17H,9H2/t10-,11-,16+,17+/m0/s1. The molecule has 1 saturated heterocycles. The van der Waals surface area contributed by atoms with Gasteiger partial charge in [0.15, 0.2) is 0 Å². The molecule has 2 aromatic rings. The topological polar surface area (TPSA) is 80.5 Å². The molecule has 4 atom stereocenters. The highest BCUT2D eigenvalue weighted by Gasteiger charge is 2.59. The largest absolute Gasteiger partial charge is 0.277 e. The molecular weight excluding hydrogens is 320 g/mol. The monoisotopic (exact) mass is 334 g/mol. The molecule has 25 heavy (non-hydrogen) atoms. The van der Waals surface area contributed by atoms with Crippen LogP contribution in [0.5, 0.6) is 0 Å². The first-order valence-electron chi connectivity index (χ1n) is 8.30. The van der Waals surface area contributed by atoms with Crippen LogP contribution in [0.4, 0.5) is 11.4 Å². The summed E-state index contributed by atoms with van der Waals surface area (Å²) in [4.78, 5) is 38.1. The van der Waals surface area contributed by atoms with Crippen molar-refractivity contribution < 1.29 is 14.5 Å². The summed E-state index contributed by atoms with van der Waals surface area (Å²) in [6, 6.07) is 9.73. The molecule has 6 heteroatoms. The van der Waals surface area contributed by atoms with Gasteiger partial charge < -0.3 is 0 Å². The third kappa shape index (κ3) is 1.74. The van der Waals surface area contributed by atoms with Gasteiger partial charge in [-0.3, -0.25) is 19.7 Å². The predicted molar refractivity (Wildman–Crippen MR) is 90.8 cm³/mol. The molecule has 1 saturated carbocycles. The van der Waals surface area contributed by atoms with Crippen molar-refractivity contribution >= 4 is 34.0 Å². The van der Waals surface area contributed by atoms with E-state index in [1.807, 2.05) is 0 Å². The normalized spacial score (nSPS) is 29.7. The first kappa shape index (κ1) is 14.3. The van der Waals surface area contributed by atoms with Gasteiger partial charge in [-0.25, -0.2) is 4.90 Å². The number of allylic oxidation sites excluding steroid dienone is 2. The zero-order valence-electron chi connectivity index (χ0n) is 13.2. The fraction of sp³-hybridized carbons (Fsp3) is 0.263. The summed E-state index contributed by atoms with van der Waals surface area (Å²) in [6.07, 6.45) is 4.98. The van der Waals surface area contributed by atoms with Gasteiger partial charge in [0.05, 0.1) is 27.8 Å². The van der Waals surface area contributed by atoms with Crippen LogP contribution in [-0.2, 0) is 9.59 Å². The lowest BCUT2D eigenvalue weighted by Gasteiger charge is -2.19. The first-order valence-corrected chi connectivity index (χ1v) is 8.30. The van der Waals surface area contributed by atoms with Gasteiger partial charge in [0, 0.05) is 11.5 Å². The molecule has 0 spiro atoms. The van der Waals surface area contributed by atoms with E-state index in [1.54, 1.807) is 24.3 Å². The number of carbonyl (C=O) groups is 2. The Kier molecular flexibility index (Phi) is 2.72. The van der Waals surface area contributed by atoms with Crippen molar-refractivity contribution in [3.63, 3.8) is 0 Å². The van der Waals surface area contributed by atoms with Gasteiger partial charge in [-0.1, -0.05) is 30.4 Å². The fourth-order valence-corrected chi connectivity index (χ4v) is 4.76. The number of non-ortho nitro benzene ring substituents is 1. The van der Waals surface area contributed by atoms with Crippen molar-refractivity contribution in [1.82, 2.24) is 0 Å². The van der Waals surface area contributed by atoms with Crippen molar-refractivity contribution in [1.29, 1.82) is 0 Å². The molecule has 1 heterocycles. The minimum atomic E-state index is -0.446. The molecule has 2 aliphatic carbocycles. The maximum atomic E-state index is 13.0. The van der Waals surface area contributed by atoms with Crippen LogP contribution >= 0.6 is 0 Å². The molecule has 2 fully saturated rings. The van der Waals surface area contributed by atoms with Gasteiger partial charge in [0.25, 0.3) is 5.69 Å². The van der Waals surface area contributed by atoms with E-state index in [0.717, 1.165) is 6.42 Å². The zero-order chi connectivity index (χ0) is 17.3. The fourth-order valence-electron chi connectivity index (χ4n) is 4.76. The van der Waals surface area contributed by atoms with Gasteiger partial charge in [0.1, 0.15) is 0 Å². The minimum absolute atomic E-state index is 0.0274. The summed E-state index contributed by atoms with van der Waals surface area (Å²) < 4.78 is 0. The van der Waals surface area contributed by atoms with Crippen molar-refractivity contribution in [3.05, 3.63) is 58.7 Å². The third-order valence-corrected chi connectivity index (χ3v) is 5.79. The SMILES string of the molecule is O=C1[C@H]2[C@H](C(=O)N1c1ccc([N+](=O)[O-])c3ccccc13)[C@H]1C=C[C@H]2C1. The molecule has 2 amide bonds. The molecular formula is C19H14N2O4. The summed E-state index contributed by atoms with van der Waals surface area (Å²) in [5.41, 5.74) is 0.422. The molecule has 5 rings (SSSR count). The Hall–Kier alpha value is -3.02. The summed E-state index contributed by atoms with van der Waals surface area (Å²) in [6.45, 7) is 0. The highest BCUT2D eigenvalue weighted by molar-refractivity contribution is 6.26. The average Bonchev–Trinajstić information content (AvgIpc) is 3.28. The van der Waals surface area contributed by atoms with Crippen LogP contribution in [0, 0.1) is 33.8 Å². The zero-order valence-corrected chi connectivity index (χ0v) is 13.2. The number of amides is 2. The Balaban J connectivity index is 1.68. The Morgan fingerprint density at radius 2 is 1.52 bits per heavy atom. The van der Waals surface area contributed by atoms with Crippen LogP contribution in [0.15, 0.2) is 48.6 Å². The molecule has 2 aromatic carbocycles. The van der Waals surface area contributed by atoms with Crippen LogP contribution in [0.2, 0.25) is 0 Å². The maximum absolute atomic E-state index is 13.0. The van der Waals surface area contributed by atoms with E-state index in [9.17, 15) is 19.7 Å². The maximum Gasteiger partial charge on any atom is 0.277 e. The number of benzene rings is 2. The van der Waals surface area contributed by atoms with E-state index in [0.29, 0.717) is 16.5 Å². The lowest BCUT2D eigenvalue weighted by atomic mass is 9.85. The van der Waals surface area contributed by atoms with Crippen LogP contribution < -0.4 is 4.90 Å². The molecule has 0 aromatic heterocycles. The van der Waals surface area contributed by atoms with Gasteiger partial charge in [-0.2, -0.15) is 0 Å². The van der Waals surface area contributed by atoms with E-state index in [2.05, 4.69) is 12.2 Å². The van der Waals surface area contributed by atoms with E-state index < -0.39 is 4.92 Å². The number of fused-ring (bicyclic) bond motifs is 6. The van der Waals surface area contributed by atoms with Crippen LogP contribution in [0.3, 0.4) is 0 Å². The Morgan fingerprint density at radius 1 is 0.920 bits per heavy atom. The molecule has 3 aliphatic rings. The third-order valence-electron chi connectivity index (χ3n) is 5.79. The highest BCUT2D eigenvalue weighted by Crippen LogP contribution is 2.53. The molecule has 2 bridgehead atoms. The molecule has 1 aliphatic heterocycles. The van der Waals surface area contributed by atoms with Gasteiger partial charge in [-0.05, 0) is 30.4 Å². The Labute approximate surface area is 142 Å². The second-order valence-corrected chi connectivity index (χ2v) is 6.92. The van der Waals surface area contributed by atoms with Crippen molar-refractivity contribution in [2.24, 2.45) is 23.7 Å². The number of nitro groups is 1. The van der Waals surface area contributed by atoms with Crippen molar-refractivity contribution in [3.8, 4) is 0 Å². The molecule has 6 nitrogen and oxygen atoms in total. The van der Waals surface area contributed by atoms with E-state index in [1.165, 1.54) is 17.0 Å². The molecule has 0 unspecified atom stereocenters. The second kappa shape index (κ2) is 4.75. The molecule has 0 radical (unpaired) electrons. The molecule has 124 valence electrons.